The summed E-state index contributed by atoms with van der Waals surface area (Å²) in [5.74, 6) is 0. The fourth-order valence-corrected chi connectivity index (χ4v) is 3.27. The summed E-state index contributed by atoms with van der Waals surface area (Å²) in [5, 5.41) is 3.04. The second kappa shape index (κ2) is 5.49. The van der Waals surface area contributed by atoms with Crippen LogP contribution in [0, 0.1) is 0 Å². The number of aliphatic imine (C=N–C) groups is 1. The van der Waals surface area contributed by atoms with Gasteiger partial charge in [0.05, 0.1) is 5.69 Å². The zero-order chi connectivity index (χ0) is 13.0. The summed E-state index contributed by atoms with van der Waals surface area (Å²) in [6, 6.07) is 6.81. The topological polar surface area (TPSA) is 61.8 Å². The number of rotatable bonds is 5. The lowest BCUT2D eigenvalue weighted by Crippen LogP contribution is -2.33. The Hall–Kier alpha value is -1.40. The van der Waals surface area contributed by atoms with E-state index in [9.17, 15) is 8.42 Å². The number of nitrogens with one attached hydrogen (secondary N) is 1. The molecule has 5 nitrogen and oxygen atoms in total. The van der Waals surface area contributed by atoms with Gasteiger partial charge in [0, 0.05) is 6.54 Å². The summed E-state index contributed by atoms with van der Waals surface area (Å²) in [4.78, 5) is 4.47. The van der Waals surface area contributed by atoms with Crippen molar-refractivity contribution >= 4 is 22.0 Å². The number of unbranched alkanes of at least 4 members (excludes halogenated alkanes) is 1. The molecular weight excluding hydrogens is 250 g/mol. The fourth-order valence-electron chi connectivity index (χ4n) is 1.84. The van der Waals surface area contributed by atoms with Gasteiger partial charge in [0.2, 0.25) is 0 Å². The summed E-state index contributed by atoms with van der Waals surface area (Å²) >= 11 is 0. The van der Waals surface area contributed by atoms with Crippen LogP contribution in [0.1, 0.15) is 12.8 Å². The number of hydrogen-bond donors (Lipinski definition) is 1. The van der Waals surface area contributed by atoms with E-state index in [-0.39, 0.29) is 0 Å². The predicted octanol–water partition coefficient (Wildman–Crippen LogP) is 1.35. The van der Waals surface area contributed by atoms with E-state index >= 15 is 0 Å². The standard InChI is InChI=1S/C12H17N3O2S/c1-13-8-4-5-9-15-10-14-11-6-2-3-7-12(11)18(15,16)17/h2-3,6-7,10,13H,4-5,8-9H2,1H3. The van der Waals surface area contributed by atoms with Gasteiger partial charge in [-0.3, -0.25) is 4.31 Å². The maximum absolute atomic E-state index is 12.3. The van der Waals surface area contributed by atoms with E-state index in [2.05, 4.69) is 10.3 Å². The van der Waals surface area contributed by atoms with Crippen LogP contribution in [0.5, 0.6) is 0 Å². The molecule has 1 aliphatic rings. The summed E-state index contributed by atoms with van der Waals surface area (Å²) in [6.45, 7) is 1.36. The molecule has 1 aromatic rings. The molecule has 98 valence electrons. The second-order valence-corrected chi connectivity index (χ2v) is 6.00. The van der Waals surface area contributed by atoms with E-state index in [4.69, 9.17) is 0 Å². The van der Waals surface area contributed by atoms with E-state index in [1.165, 1.54) is 10.6 Å². The first-order valence-electron chi connectivity index (χ1n) is 5.96. The normalized spacial score (nSPS) is 16.6. The average molecular weight is 267 g/mol. The summed E-state index contributed by atoms with van der Waals surface area (Å²) in [5.41, 5.74) is 0.518. The number of fused-ring (bicyclic) bond motifs is 1. The van der Waals surface area contributed by atoms with Crippen molar-refractivity contribution in [3.05, 3.63) is 24.3 Å². The van der Waals surface area contributed by atoms with E-state index in [0.717, 1.165) is 19.4 Å². The van der Waals surface area contributed by atoms with Crippen LogP contribution in [-0.4, -0.2) is 39.2 Å². The van der Waals surface area contributed by atoms with Gasteiger partial charge in [0.1, 0.15) is 11.2 Å². The van der Waals surface area contributed by atoms with E-state index in [1.807, 2.05) is 7.05 Å². The minimum absolute atomic E-state index is 0.293. The van der Waals surface area contributed by atoms with Crippen LogP contribution in [0.15, 0.2) is 34.2 Å². The molecule has 18 heavy (non-hydrogen) atoms. The largest absolute Gasteiger partial charge is 0.320 e. The minimum atomic E-state index is -3.41. The molecule has 1 N–H and O–H groups in total. The number of para-hydroxylation sites is 1. The molecule has 1 aliphatic heterocycles. The van der Waals surface area contributed by atoms with Crippen LogP contribution in [0.4, 0.5) is 5.69 Å². The van der Waals surface area contributed by atoms with Crippen molar-refractivity contribution in [1.82, 2.24) is 9.62 Å². The number of sulfonamides is 1. The number of benzene rings is 1. The number of hydrogen-bond acceptors (Lipinski definition) is 4. The molecule has 0 radical (unpaired) electrons. The third kappa shape index (κ3) is 2.54. The number of nitrogens with zero attached hydrogens (tertiary/aromatic N) is 2. The van der Waals surface area contributed by atoms with Crippen LogP contribution in [-0.2, 0) is 10.0 Å². The maximum atomic E-state index is 12.3. The van der Waals surface area contributed by atoms with Gasteiger partial charge in [-0.25, -0.2) is 13.4 Å². The molecule has 0 bridgehead atoms. The Morgan fingerprint density at radius 1 is 1.28 bits per heavy atom. The van der Waals surface area contributed by atoms with Gasteiger partial charge in [-0.05, 0) is 38.6 Å². The molecule has 0 saturated carbocycles. The highest BCUT2D eigenvalue weighted by atomic mass is 32.2. The van der Waals surface area contributed by atoms with Crippen molar-refractivity contribution in [2.24, 2.45) is 4.99 Å². The van der Waals surface area contributed by atoms with Crippen molar-refractivity contribution in [2.75, 3.05) is 20.1 Å². The third-order valence-corrected chi connectivity index (χ3v) is 4.63. The highest BCUT2D eigenvalue weighted by Crippen LogP contribution is 2.29. The van der Waals surface area contributed by atoms with E-state index < -0.39 is 10.0 Å². The van der Waals surface area contributed by atoms with Crippen LogP contribution in [0.25, 0.3) is 0 Å². The highest BCUT2D eigenvalue weighted by Gasteiger charge is 2.27. The van der Waals surface area contributed by atoms with Crippen molar-refractivity contribution in [1.29, 1.82) is 0 Å². The van der Waals surface area contributed by atoms with Gasteiger partial charge in [-0.1, -0.05) is 12.1 Å². The first kappa shape index (κ1) is 13.0. The van der Waals surface area contributed by atoms with Gasteiger partial charge in [-0.2, -0.15) is 0 Å². The van der Waals surface area contributed by atoms with Gasteiger partial charge >= 0.3 is 0 Å². The monoisotopic (exact) mass is 267 g/mol. The summed E-state index contributed by atoms with van der Waals surface area (Å²) in [7, 11) is -1.52. The van der Waals surface area contributed by atoms with Gasteiger partial charge in [0.15, 0.2) is 0 Å². The van der Waals surface area contributed by atoms with E-state index in [1.54, 1.807) is 24.3 Å². The Balaban J connectivity index is 2.13. The molecule has 1 heterocycles. The highest BCUT2D eigenvalue weighted by molar-refractivity contribution is 7.89. The second-order valence-electron chi connectivity index (χ2n) is 4.14. The van der Waals surface area contributed by atoms with E-state index in [0.29, 0.717) is 17.1 Å². The Morgan fingerprint density at radius 3 is 2.83 bits per heavy atom. The Morgan fingerprint density at radius 2 is 2.06 bits per heavy atom. The zero-order valence-electron chi connectivity index (χ0n) is 10.3. The van der Waals surface area contributed by atoms with Crippen LogP contribution < -0.4 is 5.32 Å². The summed E-state index contributed by atoms with van der Waals surface area (Å²) < 4.78 is 25.9. The molecule has 0 unspecified atom stereocenters. The molecule has 0 aromatic heterocycles. The molecule has 0 amide bonds. The SMILES string of the molecule is CNCCCCN1C=Nc2ccccc2S1(=O)=O. The molecule has 0 saturated heterocycles. The Bertz CT molecular complexity index is 540. The van der Waals surface area contributed by atoms with Gasteiger partial charge in [0.25, 0.3) is 10.0 Å². The maximum Gasteiger partial charge on any atom is 0.267 e. The zero-order valence-corrected chi connectivity index (χ0v) is 11.2. The molecule has 0 aliphatic carbocycles. The fraction of sp³-hybridized carbons (Fsp3) is 0.417. The lowest BCUT2D eigenvalue weighted by atomic mass is 10.3. The lowest BCUT2D eigenvalue weighted by Gasteiger charge is -2.23. The van der Waals surface area contributed by atoms with Gasteiger partial charge in [-0.15, -0.1) is 0 Å². The Kier molecular flexibility index (Phi) is 3.98. The smallest absolute Gasteiger partial charge is 0.267 e. The molecule has 2 rings (SSSR count). The van der Waals surface area contributed by atoms with Gasteiger partial charge < -0.3 is 5.32 Å². The van der Waals surface area contributed by atoms with Crippen LogP contribution in [0.3, 0.4) is 0 Å². The molecule has 0 atom stereocenters. The van der Waals surface area contributed by atoms with Crippen molar-refractivity contribution < 1.29 is 8.42 Å². The van der Waals surface area contributed by atoms with Crippen molar-refractivity contribution in [3.63, 3.8) is 0 Å². The molecule has 1 aromatic carbocycles. The van der Waals surface area contributed by atoms with Crippen molar-refractivity contribution in [2.45, 2.75) is 17.7 Å². The third-order valence-electron chi connectivity index (χ3n) is 2.83. The quantitative estimate of drug-likeness (QED) is 0.819. The molecular formula is C12H17N3O2S. The first-order valence-corrected chi connectivity index (χ1v) is 7.40. The van der Waals surface area contributed by atoms with Crippen molar-refractivity contribution in [3.8, 4) is 0 Å². The Labute approximate surface area is 108 Å². The first-order chi connectivity index (χ1) is 8.66. The van der Waals surface area contributed by atoms with Crippen LogP contribution in [0.2, 0.25) is 0 Å². The summed E-state index contributed by atoms with van der Waals surface area (Å²) in [6.07, 6.45) is 3.17. The average Bonchev–Trinajstić information content (AvgIpc) is 2.37. The molecule has 0 spiro atoms. The minimum Gasteiger partial charge on any atom is -0.320 e. The lowest BCUT2D eigenvalue weighted by molar-refractivity contribution is 0.506. The molecule has 0 fully saturated rings. The molecule has 6 heteroatoms. The van der Waals surface area contributed by atoms with Crippen LogP contribution >= 0.6 is 0 Å². The predicted molar refractivity (Wildman–Crippen MR) is 71.6 cm³/mol.